The van der Waals surface area contributed by atoms with E-state index in [9.17, 15) is 9.18 Å². The number of carbonyl (C=O) groups excluding carboxylic acids is 1. The summed E-state index contributed by atoms with van der Waals surface area (Å²) < 4.78 is 18.3. The molecule has 86 valence electrons. The van der Waals surface area contributed by atoms with Gasteiger partial charge in [0.15, 0.2) is 0 Å². The second-order valence-electron chi connectivity index (χ2n) is 3.56. The van der Waals surface area contributed by atoms with Gasteiger partial charge in [-0.15, -0.1) is 0 Å². The minimum absolute atomic E-state index is 0.248. The van der Waals surface area contributed by atoms with Gasteiger partial charge in [0.1, 0.15) is 24.5 Å². The molecule has 0 N–H and O–H groups in total. The van der Waals surface area contributed by atoms with Gasteiger partial charge in [-0.05, 0) is 17.7 Å². The SMILES string of the molecule is O=Cc1ccccc1COc1cccc(F)c1. The topological polar surface area (TPSA) is 26.3 Å². The fraction of sp³-hybridized carbons (Fsp3) is 0.0714. The van der Waals surface area contributed by atoms with Gasteiger partial charge in [-0.3, -0.25) is 4.79 Å². The van der Waals surface area contributed by atoms with Crippen molar-refractivity contribution < 1.29 is 13.9 Å². The minimum atomic E-state index is -0.342. The van der Waals surface area contributed by atoms with Crippen LogP contribution in [0.5, 0.6) is 5.75 Å². The monoisotopic (exact) mass is 230 g/mol. The standard InChI is InChI=1S/C14H11FO2/c15-13-6-3-7-14(8-13)17-10-12-5-2-1-4-11(12)9-16/h1-9H,10H2. The molecule has 2 rings (SSSR count). The Morgan fingerprint density at radius 1 is 1.12 bits per heavy atom. The fourth-order valence-corrected chi connectivity index (χ4v) is 1.50. The lowest BCUT2D eigenvalue weighted by Crippen LogP contribution is -1.99. The number of benzene rings is 2. The quantitative estimate of drug-likeness (QED) is 0.754. The Labute approximate surface area is 98.7 Å². The normalized spacial score (nSPS) is 9.94. The number of aldehydes is 1. The van der Waals surface area contributed by atoms with E-state index in [1.807, 2.05) is 12.1 Å². The molecule has 0 aliphatic carbocycles. The minimum Gasteiger partial charge on any atom is -0.489 e. The molecule has 0 saturated carbocycles. The van der Waals surface area contributed by atoms with E-state index in [4.69, 9.17) is 4.74 Å². The predicted octanol–water partition coefficient (Wildman–Crippen LogP) is 3.22. The lowest BCUT2D eigenvalue weighted by Gasteiger charge is -2.07. The third kappa shape index (κ3) is 2.91. The van der Waals surface area contributed by atoms with Crippen LogP contribution < -0.4 is 4.74 Å². The van der Waals surface area contributed by atoms with E-state index in [0.29, 0.717) is 11.3 Å². The van der Waals surface area contributed by atoms with Gasteiger partial charge in [0.05, 0.1) is 0 Å². The summed E-state index contributed by atoms with van der Waals surface area (Å²) in [5, 5.41) is 0. The van der Waals surface area contributed by atoms with Crippen LogP contribution in [0.1, 0.15) is 15.9 Å². The molecule has 17 heavy (non-hydrogen) atoms. The molecule has 0 aliphatic heterocycles. The molecule has 0 aromatic heterocycles. The molecule has 0 radical (unpaired) electrons. The van der Waals surface area contributed by atoms with E-state index in [1.165, 1.54) is 12.1 Å². The lowest BCUT2D eigenvalue weighted by atomic mass is 10.1. The zero-order valence-electron chi connectivity index (χ0n) is 9.10. The largest absolute Gasteiger partial charge is 0.489 e. The first-order valence-corrected chi connectivity index (χ1v) is 5.21. The molecule has 0 amide bonds. The van der Waals surface area contributed by atoms with Crippen LogP contribution in [0.25, 0.3) is 0 Å². The van der Waals surface area contributed by atoms with Gasteiger partial charge < -0.3 is 4.74 Å². The number of carbonyl (C=O) groups is 1. The number of hydrogen-bond donors (Lipinski definition) is 0. The van der Waals surface area contributed by atoms with Crippen molar-refractivity contribution in [2.24, 2.45) is 0 Å². The van der Waals surface area contributed by atoms with Crippen molar-refractivity contribution in [2.45, 2.75) is 6.61 Å². The molecule has 0 spiro atoms. The lowest BCUT2D eigenvalue weighted by molar-refractivity contribution is 0.112. The molecule has 0 unspecified atom stereocenters. The van der Waals surface area contributed by atoms with Crippen LogP contribution in [-0.4, -0.2) is 6.29 Å². The van der Waals surface area contributed by atoms with Crippen molar-refractivity contribution in [2.75, 3.05) is 0 Å². The van der Waals surface area contributed by atoms with Crippen LogP contribution in [0, 0.1) is 5.82 Å². The molecule has 0 bridgehead atoms. The third-order valence-corrected chi connectivity index (χ3v) is 2.37. The third-order valence-electron chi connectivity index (χ3n) is 2.37. The molecule has 0 fully saturated rings. The van der Waals surface area contributed by atoms with Gasteiger partial charge in [0, 0.05) is 11.6 Å². The molecule has 0 saturated heterocycles. The summed E-state index contributed by atoms with van der Waals surface area (Å²) in [5.41, 5.74) is 1.37. The first-order chi connectivity index (χ1) is 8.29. The van der Waals surface area contributed by atoms with Crippen LogP contribution in [0.3, 0.4) is 0 Å². The molecule has 3 heteroatoms. The predicted molar refractivity (Wildman–Crippen MR) is 62.6 cm³/mol. The fourth-order valence-electron chi connectivity index (χ4n) is 1.50. The van der Waals surface area contributed by atoms with E-state index in [0.717, 1.165) is 11.8 Å². The molecule has 2 nitrogen and oxygen atoms in total. The first-order valence-electron chi connectivity index (χ1n) is 5.21. The molecular formula is C14H11FO2. The summed E-state index contributed by atoms with van der Waals surface area (Å²) in [6.45, 7) is 0.248. The van der Waals surface area contributed by atoms with Crippen molar-refractivity contribution in [3.8, 4) is 5.75 Å². The zero-order valence-corrected chi connectivity index (χ0v) is 9.10. The van der Waals surface area contributed by atoms with Crippen molar-refractivity contribution in [1.29, 1.82) is 0 Å². The Hall–Kier alpha value is -2.16. The Morgan fingerprint density at radius 3 is 2.71 bits per heavy atom. The smallest absolute Gasteiger partial charge is 0.150 e. The van der Waals surface area contributed by atoms with Gasteiger partial charge in [-0.1, -0.05) is 30.3 Å². The number of ether oxygens (including phenoxy) is 1. The van der Waals surface area contributed by atoms with Gasteiger partial charge in [-0.2, -0.15) is 0 Å². The molecule has 0 atom stereocenters. The molecule has 2 aromatic rings. The van der Waals surface area contributed by atoms with Crippen LogP contribution in [0.15, 0.2) is 48.5 Å². The van der Waals surface area contributed by atoms with Crippen LogP contribution in [0.4, 0.5) is 4.39 Å². The maximum absolute atomic E-state index is 12.9. The summed E-state index contributed by atoms with van der Waals surface area (Å²) in [5.74, 6) is 0.108. The summed E-state index contributed by atoms with van der Waals surface area (Å²) in [6.07, 6.45) is 0.782. The summed E-state index contributed by atoms with van der Waals surface area (Å²) >= 11 is 0. The highest BCUT2D eigenvalue weighted by Crippen LogP contribution is 2.15. The first kappa shape index (κ1) is 11.3. The molecule has 0 heterocycles. The second-order valence-corrected chi connectivity index (χ2v) is 3.56. The van der Waals surface area contributed by atoms with Crippen LogP contribution in [-0.2, 0) is 6.61 Å². The van der Waals surface area contributed by atoms with Crippen molar-refractivity contribution >= 4 is 6.29 Å². The summed E-state index contributed by atoms with van der Waals surface area (Å²) in [7, 11) is 0. The highest BCUT2D eigenvalue weighted by Gasteiger charge is 2.02. The summed E-state index contributed by atoms with van der Waals surface area (Å²) in [6, 6.07) is 13.1. The molecular weight excluding hydrogens is 219 g/mol. The van der Waals surface area contributed by atoms with E-state index in [-0.39, 0.29) is 12.4 Å². The van der Waals surface area contributed by atoms with Crippen LogP contribution >= 0.6 is 0 Å². The number of rotatable bonds is 4. The van der Waals surface area contributed by atoms with Gasteiger partial charge in [0.25, 0.3) is 0 Å². The van der Waals surface area contributed by atoms with E-state index in [1.54, 1.807) is 24.3 Å². The molecule has 2 aromatic carbocycles. The average Bonchev–Trinajstić information content (AvgIpc) is 2.37. The average molecular weight is 230 g/mol. The van der Waals surface area contributed by atoms with Crippen molar-refractivity contribution in [3.63, 3.8) is 0 Å². The Bertz CT molecular complexity index is 523. The second kappa shape index (κ2) is 5.25. The van der Waals surface area contributed by atoms with Crippen LogP contribution in [0.2, 0.25) is 0 Å². The van der Waals surface area contributed by atoms with E-state index in [2.05, 4.69) is 0 Å². The molecule has 0 aliphatic rings. The van der Waals surface area contributed by atoms with Crippen molar-refractivity contribution in [1.82, 2.24) is 0 Å². The van der Waals surface area contributed by atoms with Crippen molar-refractivity contribution in [3.05, 3.63) is 65.5 Å². The highest BCUT2D eigenvalue weighted by molar-refractivity contribution is 5.77. The summed E-state index contributed by atoms with van der Waals surface area (Å²) in [4.78, 5) is 10.8. The maximum Gasteiger partial charge on any atom is 0.150 e. The van der Waals surface area contributed by atoms with Gasteiger partial charge in [-0.25, -0.2) is 4.39 Å². The van der Waals surface area contributed by atoms with Gasteiger partial charge in [0.2, 0.25) is 0 Å². The highest BCUT2D eigenvalue weighted by atomic mass is 19.1. The number of hydrogen-bond acceptors (Lipinski definition) is 2. The Balaban J connectivity index is 2.09. The number of halogens is 1. The zero-order chi connectivity index (χ0) is 12.1. The maximum atomic E-state index is 12.9. The Morgan fingerprint density at radius 2 is 1.94 bits per heavy atom. The Kier molecular flexibility index (Phi) is 3.50. The van der Waals surface area contributed by atoms with E-state index < -0.39 is 0 Å². The van der Waals surface area contributed by atoms with E-state index >= 15 is 0 Å². The van der Waals surface area contributed by atoms with Gasteiger partial charge >= 0.3 is 0 Å².